The van der Waals surface area contributed by atoms with Crippen LogP contribution in [0.2, 0.25) is 0 Å². The van der Waals surface area contributed by atoms with E-state index in [1.807, 2.05) is 45.0 Å². The van der Waals surface area contributed by atoms with Crippen LogP contribution in [0.3, 0.4) is 0 Å². The molecule has 0 spiro atoms. The van der Waals surface area contributed by atoms with Gasteiger partial charge in [0.25, 0.3) is 5.91 Å². The van der Waals surface area contributed by atoms with Gasteiger partial charge in [0.2, 0.25) is 10.0 Å². The van der Waals surface area contributed by atoms with Gasteiger partial charge in [-0.05, 0) is 29.2 Å². The van der Waals surface area contributed by atoms with Gasteiger partial charge < -0.3 is 5.32 Å². The van der Waals surface area contributed by atoms with Crippen molar-refractivity contribution in [1.82, 2.24) is 5.32 Å². The Morgan fingerprint density at radius 1 is 1.00 bits per heavy atom. The first-order chi connectivity index (χ1) is 12.1. The van der Waals surface area contributed by atoms with E-state index in [0.717, 1.165) is 5.56 Å². The van der Waals surface area contributed by atoms with E-state index in [2.05, 4.69) is 5.32 Å². The predicted octanol–water partition coefficient (Wildman–Crippen LogP) is 3.18. The lowest BCUT2D eigenvalue weighted by Gasteiger charge is -2.30. The highest BCUT2D eigenvalue weighted by atomic mass is 32.2. The quantitative estimate of drug-likeness (QED) is 0.844. The van der Waals surface area contributed by atoms with Gasteiger partial charge in [-0.15, -0.1) is 0 Å². The van der Waals surface area contributed by atoms with Crippen molar-refractivity contribution in [3.05, 3.63) is 65.7 Å². The van der Waals surface area contributed by atoms with Crippen LogP contribution in [0.5, 0.6) is 0 Å². The van der Waals surface area contributed by atoms with Crippen LogP contribution in [0.1, 0.15) is 36.7 Å². The second-order valence-electron chi connectivity index (χ2n) is 7.22. The summed E-state index contributed by atoms with van der Waals surface area (Å²) < 4.78 is 26.1. The minimum atomic E-state index is -3.48. The Bertz CT molecular complexity index is 856. The molecule has 0 radical (unpaired) electrons. The van der Waals surface area contributed by atoms with Crippen molar-refractivity contribution < 1.29 is 13.2 Å². The topological polar surface area (TPSA) is 66.5 Å². The lowest BCUT2D eigenvalue weighted by atomic mass is 9.86. The monoisotopic (exact) mass is 374 g/mol. The second-order valence-corrected chi connectivity index (χ2v) is 9.13. The smallest absolute Gasteiger partial charge is 0.251 e. The fourth-order valence-corrected chi connectivity index (χ4v) is 3.69. The van der Waals surface area contributed by atoms with E-state index in [-0.39, 0.29) is 24.4 Å². The Hall–Kier alpha value is -2.34. The zero-order valence-electron chi connectivity index (χ0n) is 15.7. The molecule has 0 saturated heterocycles. The molecular weight excluding hydrogens is 348 g/mol. The molecular formula is C20H26N2O3S. The number of para-hydroxylation sites is 1. The second kappa shape index (κ2) is 7.91. The van der Waals surface area contributed by atoms with Crippen LogP contribution >= 0.6 is 0 Å². The molecule has 1 amide bonds. The largest absolute Gasteiger partial charge is 0.350 e. The van der Waals surface area contributed by atoms with Gasteiger partial charge in [0.15, 0.2) is 0 Å². The third kappa shape index (κ3) is 5.08. The van der Waals surface area contributed by atoms with Gasteiger partial charge in [-0.1, -0.05) is 57.2 Å². The normalized spacial score (nSPS) is 11.8. The van der Waals surface area contributed by atoms with Crippen LogP contribution in [0.15, 0.2) is 54.6 Å². The van der Waals surface area contributed by atoms with Crippen molar-refractivity contribution in [3.8, 4) is 0 Å². The molecule has 6 heteroatoms. The van der Waals surface area contributed by atoms with E-state index in [9.17, 15) is 13.2 Å². The fraction of sp³-hybridized carbons (Fsp3) is 0.350. The number of carbonyl (C=O) groups excluding carboxylic acids is 1. The lowest BCUT2D eigenvalue weighted by molar-refractivity contribution is 0.0955. The molecule has 1 N–H and O–H groups in total. The minimum Gasteiger partial charge on any atom is -0.350 e. The van der Waals surface area contributed by atoms with Crippen LogP contribution in [0.25, 0.3) is 0 Å². The number of anilines is 1. The molecule has 0 aliphatic carbocycles. The third-order valence-electron chi connectivity index (χ3n) is 4.02. The number of amides is 1. The van der Waals surface area contributed by atoms with Gasteiger partial charge in [-0.25, -0.2) is 8.42 Å². The molecule has 0 saturated carbocycles. The summed E-state index contributed by atoms with van der Waals surface area (Å²) in [4.78, 5) is 12.2. The number of benzene rings is 2. The highest BCUT2D eigenvalue weighted by molar-refractivity contribution is 7.92. The first-order valence-corrected chi connectivity index (χ1v) is 10.4. The molecule has 0 aromatic heterocycles. The minimum absolute atomic E-state index is 0.171. The van der Waals surface area contributed by atoms with Crippen LogP contribution in [0.4, 0.5) is 5.69 Å². The molecule has 5 nitrogen and oxygen atoms in total. The molecule has 26 heavy (non-hydrogen) atoms. The number of sulfonamides is 1. The molecule has 0 fully saturated rings. The highest BCUT2D eigenvalue weighted by Crippen LogP contribution is 2.32. The molecule has 2 rings (SSSR count). The Morgan fingerprint density at radius 3 is 2.15 bits per heavy atom. The molecule has 0 heterocycles. The summed E-state index contributed by atoms with van der Waals surface area (Å²) in [5.41, 5.74) is 1.94. The maximum absolute atomic E-state index is 12.4. The third-order valence-corrected chi connectivity index (χ3v) is 5.20. The Kier molecular flexibility index (Phi) is 6.08. The van der Waals surface area contributed by atoms with E-state index >= 15 is 0 Å². The average Bonchev–Trinajstić information content (AvgIpc) is 2.57. The molecule has 0 atom stereocenters. The summed E-state index contributed by atoms with van der Waals surface area (Å²) in [6.07, 6.45) is 1.19. The Labute approximate surface area is 156 Å². The van der Waals surface area contributed by atoms with Crippen molar-refractivity contribution >= 4 is 21.6 Å². The lowest BCUT2D eigenvalue weighted by Crippen LogP contribution is -2.39. The highest BCUT2D eigenvalue weighted by Gasteiger charge is 2.25. The maximum atomic E-state index is 12.4. The number of nitrogens with one attached hydrogen (secondary N) is 1. The van der Waals surface area contributed by atoms with Gasteiger partial charge >= 0.3 is 0 Å². The first kappa shape index (κ1) is 20.0. The fourth-order valence-electron chi connectivity index (χ4n) is 2.75. The summed E-state index contributed by atoms with van der Waals surface area (Å²) in [6, 6.07) is 16.3. The van der Waals surface area contributed by atoms with Crippen molar-refractivity contribution in [3.63, 3.8) is 0 Å². The van der Waals surface area contributed by atoms with E-state index in [4.69, 9.17) is 0 Å². The first-order valence-electron chi connectivity index (χ1n) is 8.51. The number of rotatable bonds is 6. The maximum Gasteiger partial charge on any atom is 0.251 e. The van der Waals surface area contributed by atoms with Crippen molar-refractivity contribution in [2.24, 2.45) is 0 Å². The van der Waals surface area contributed by atoms with Crippen LogP contribution < -0.4 is 9.62 Å². The van der Waals surface area contributed by atoms with Crippen molar-refractivity contribution in [2.75, 3.05) is 23.7 Å². The summed E-state index contributed by atoms with van der Waals surface area (Å²) in [7, 11) is -3.48. The molecule has 2 aromatic rings. The Morgan fingerprint density at radius 2 is 1.58 bits per heavy atom. The van der Waals surface area contributed by atoms with Gasteiger partial charge in [-0.2, -0.15) is 0 Å². The molecule has 2 aromatic carbocycles. The molecule has 0 bridgehead atoms. The van der Waals surface area contributed by atoms with Crippen LogP contribution in [0, 0.1) is 0 Å². The molecule has 0 aliphatic heterocycles. The summed E-state index contributed by atoms with van der Waals surface area (Å²) in [5, 5.41) is 2.78. The number of nitrogens with zero attached hydrogens (tertiary/aromatic N) is 1. The SMILES string of the molecule is CC(C)(C)c1ccccc1N(CCNC(=O)c1ccccc1)S(C)(=O)=O. The van der Waals surface area contributed by atoms with E-state index in [0.29, 0.717) is 11.3 Å². The summed E-state index contributed by atoms with van der Waals surface area (Å²) >= 11 is 0. The van der Waals surface area contributed by atoms with Crippen molar-refractivity contribution in [2.45, 2.75) is 26.2 Å². The Balaban J connectivity index is 2.19. The number of hydrogen-bond acceptors (Lipinski definition) is 3. The van der Waals surface area contributed by atoms with Gasteiger partial charge in [0, 0.05) is 12.1 Å². The molecule has 140 valence electrons. The molecule has 0 aliphatic rings. The van der Waals surface area contributed by atoms with E-state index in [1.54, 1.807) is 30.3 Å². The summed E-state index contributed by atoms with van der Waals surface area (Å²) in [6.45, 7) is 6.53. The van der Waals surface area contributed by atoms with Crippen molar-refractivity contribution in [1.29, 1.82) is 0 Å². The zero-order valence-corrected chi connectivity index (χ0v) is 16.5. The predicted molar refractivity (Wildman–Crippen MR) is 106 cm³/mol. The van der Waals surface area contributed by atoms with Gasteiger partial charge in [0.1, 0.15) is 0 Å². The summed E-state index contributed by atoms with van der Waals surface area (Å²) in [5.74, 6) is -0.219. The zero-order chi connectivity index (χ0) is 19.4. The number of hydrogen-bond donors (Lipinski definition) is 1. The average molecular weight is 375 g/mol. The number of carbonyl (C=O) groups is 1. The standard InChI is InChI=1S/C20H26N2O3S/c1-20(2,3)17-12-8-9-13-18(17)22(26(4,24)25)15-14-21-19(23)16-10-6-5-7-11-16/h5-13H,14-15H2,1-4H3,(H,21,23). The van der Waals surface area contributed by atoms with E-state index < -0.39 is 10.0 Å². The van der Waals surface area contributed by atoms with Crippen LogP contribution in [-0.2, 0) is 15.4 Å². The van der Waals surface area contributed by atoms with E-state index in [1.165, 1.54) is 10.6 Å². The van der Waals surface area contributed by atoms with Gasteiger partial charge in [-0.3, -0.25) is 9.10 Å². The molecule has 0 unspecified atom stereocenters. The van der Waals surface area contributed by atoms with Crippen LogP contribution in [-0.4, -0.2) is 33.7 Å². The van der Waals surface area contributed by atoms with Gasteiger partial charge in [0.05, 0.1) is 18.5 Å².